The number of rotatable bonds is 7. The summed E-state index contributed by atoms with van der Waals surface area (Å²) in [6.45, 7) is 4.43. The molecule has 19 heavy (non-hydrogen) atoms. The molecule has 1 fully saturated rings. The first-order valence-electron chi connectivity index (χ1n) is 6.06. The average molecular weight is 349 g/mol. The fourth-order valence-electron chi connectivity index (χ4n) is 1.89. The van der Waals surface area contributed by atoms with Crippen LogP contribution in [0.2, 0.25) is 0 Å². The summed E-state index contributed by atoms with van der Waals surface area (Å²) in [6, 6.07) is 1.66. The van der Waals surface area contributed by atoms with Gasteiger partial charge >= 0.3 is 0 Å². The molecule has 1 aliphatic carbocycles. The van der Waals surface area contributed by atoms with Gasteiger partial charge in [0.15, 0.2) is 4.67 Å². The van der Waals surface area contributed by atoms with Gasteiger partial charge in [0.2, 0.25) is 10.0 Å². The van der Waals surface area contributed by atoms with Crippen molar-refractivity contribution in [3.63, 3.8) is 0 Å². The van der Waals surface area contributed by atoms with E-state index >= 15 is 0 Å². The van der Waals surface area contributed by atoms with E-state index in [-0.39, 0.29) is 15.6 Å². The van der Waals surface area contributed by atoms with Crippen molar-refractivity contribution in [2.24, 2.45) is 0 Å². The minimum absolute atomic E-state index is 0.0950. The van der Waals surface area contributed by atoms with E-state index < -0.39 is 10.0 Å². The van der Waals surface area contributed by atoms with Crippen molar-refractivity contribution in [1.29, 1.82) is 0 Å². The summed E-state index contributed by atoms with van der Waals surface area (Å²) in [5, 5.41) is 2.93. The topological polar surface area (TPSA) is 62.6 Å². The Kier molecular flexibility index (Phi) is 4.50. The van der Waals surface area contributed by atoms with Crippen LogP contribution >= 0.6 is 15.9 Å². The molecule has 1 aromatic rings. The molecule has 0 aromatic carbocycles. The van der Waals surface area contributed by atoms with Crippen LogP contribution in [0.3, 0.4) is 0 Å². The van der Waals surface area contributed by atoms with Crippen LogP contribution < -0.4 is 5.32 Å². The molecule has 0 radical (unpaired) electrons. The van der Waals surface area contributed by atoms with Crippen molar-refractivity contribution < 1.29 is 12.8 Å². The molecule has 1 N–H and O–H groups in total. The molecule has 7 heteroatoms. The van der Waals surface area contributed by atoms with Crippen molar-refractivity contribution in [2.45, 2.75) is 30.3 Å². The highest BCUT2D eigenvalue weighted by atomic mass is 79.9. The second kappa shape index (κ2) is 5.78. The minimum atomic E-state index is -3.53. The quantitative estimate of drug-likeness (QED) is 0.766. The predicted molar refractivity (Wildman–Crippen MR) is 76.3 cm³/mol. The molecule has 0 atom stereocenters. The Balaban J connectivity index is 2.34. The fraction of sp³-hybridized carbons (Fsp3) is 0.500. The normalized spacial score (nSPS) is 15.9. The van der Waals surface area contributed by atoms with E-state index in [0.717, 1.165) is 12.8 Å². The van der Waals surface area contributed by atoms with E-state index in [0.29, 0.717) is 18.8 Å². The van der Waals surface area contributed by atoms with Crippen LogP contribution in [0.15, 0.2) is 32.7 Å². The van der Waals surface area contributed by atoms with Gasteiger partial charge in [-0.25, -0.2) is 8.42 Å². The van der Waals surface area contributed by atoms with Crippen LogP contribution in [0, 0.1) is 0 Å². The molecule has 106 valence electrons. The molecule has 0 spiro atoms. The Morgan fingerprint density at radius 1 is 1.63 bits per heavy atom. The van der Waals surface area contributed by atoms with Gasteiger partial charge in [-0.1, -0.05) is 6.08 Å². The molecule has 1 aliphatic rings. The van der Waals surface area contributed by atoms with Gasteiger partial charge in [-0.2, -0.15) is 4.31 Å². The Labute approximate surface area is 121 Å². The third kappa shape index (κ3) is 3.10. The van der Waals surface area contributed by atoms with Crippen LogP contribution in [0.5, 0.6) is 0 Å². The lowest BCUT2D eigenvalue weighted by Gasteiger charge is -2.19. The van der Waals surface area contributed by atoms with E-state index in [1.165, 1.54) is 4.31 Å². The maximum atomic E-state index is 12.6. The average Bonchev–Trinajstić information content (AvgIpc) is 3.10. The molecule has 5 nitrogen and oxygen atoms in total. The van der Waals surface area contributed by atoms with Crippen molar-refractivity contribution in [2.75, 3.05) is 13.6 Å². The number of hydrogen-bond donors (Lipinski definition) is 1. The lowest BCUT2D eigenvalue weighted by atomic mass is 10.4. The Hall–Kier alpha value is -0.630. The standard InChI is InChI=1S/C12H17BrN2O3S/c1-3-6-15(9-4-5-9)19(16,17)11-7-10(8-14-2)18-12(11)13/h3,7,9,14H,1,4-6,8H2,2H3. The summed E-state index contributed by atoms with van der Waals surface area (Å²) in [5.41, 5.74) is 0. The third-order valence-corrected chi connectivity index (χ3v) is 5.68. The van der Waals surface area contributed by atoms with Gasteiger partial charge in [-0.3, -0.25) is 0 Å². The van der Waals surface area contributed by atoms with Crippen LogP contribution in [0.4, 0.5) is 0 Å². The fourth-order valence-corrected chi connectivity index (χ4v) is 4.51. The number of hydrogen-bond acceptors (Lipinski definition) is 4. The molecule has 0 aliphatic heterocycles. The monoisotopic (exact) mass is 348 g/mol. The summed E-state index contributed by atoms with van der Waals surface area (Å²) in [7, 11) is -1.76. The predicted octanol–water partition coefficient (Wildman–Crippen LogP) is 2.10. The lowest BCUT2D eigenvalue weighted by molar-refractivity contribution is 0.431. The van der Waals surface area contributed by atoms with Gasteiger partial charge in [0.05, 0.1) is 6.54 Å². The maximum absolute atomic E-state index is 12.6. The smallest absolute Gasteiger partial charge is 0.248 e. The zero-order chi connectivity index (χ0) is 14.0. The Morgan fingerprint density at radius 2 is 2.32 bits per heavy atom. The van der Waals surface area contributed by atoms with Gasteiger partial charge in [-0.15, -0.1) is 6.58 Å². The molecule has 2 rings (SSSR count). The number of nitrogens with zero attached hydrogens (tertiary/aromatic N) is 1. The lowest BCUT2D eigenvalue weighted by Crippen LogP contribution is -2.33. The molecule has 1 heterocycles. The first-order chi connectivity index (χ1) is 9.00. The number of furan rings is 1. The highest BCUT2D eigenvalue weighted by molar-refractivity contribution is 9.10. The highest BCUT2D eigenvalue weighted by Gasteiger charge is 2.39. The van der Waals surface area contributed by atoms with Crippen molar-refractivity contribution >= 4 is 26.0 Å². The molecular weight excluding hydrogens is 332 g/mol. The van der Waals surface area contributed by atoms with E-state index in [2.05, 4.69) is 27.8 Å². The Bertz CT molecular complexity index is 564. The summed E-state index contributed by atoms with van der Waals surface area (Å²) in [6.07, 6.45) is 3.43. The second-order valence-electron chi connectivity index (χ2n) is 4.48. The molecule has 0 bridgehead atoms. The third-order valence-electron chi connectivity index (χ3n) is 2.91. The minimum Gasteiger partial charge on any atom is -0.452 e. The first kappa shape index (κ1) is 14.8. The van der Waals surface area contributed by atoms with E-state index in [4.69, 9.17) is 4.42 Å². The molecule has 1 saturated carbocycles. The number of sulfonamides is 1. The van der Waals surface area contributed by atoms with Crippen LogP contribution in [0.25, 0.3) is 0 Å². The van der Waals surface area contributed by atoms with E-state index in [1.54, 1.807) is 19.2 Å². The van der Waals surface area contributed by atoms with Gasteiger partial charge in [0.1, 0.15) is 10.7 Å². The maximum Gasteiger partial charge on any atom is 0.248 e. The summed E-state index contributed by atoms with van der Waals surface area (Å²) >= 11 is 3.19. The summed E-state index contributed by atoms with van der Waals surface area (Å²) in [5.74, 6) is 0.585. The molecule has 0 amide bonds. The van der Waals surface area contributed by atoms with Gasteiger partial charge < -0.3 is 9.73 Å². The Morgan fingerprint density at radius 3 is 2.84 bits per heavy atom. The summed E-state index contributed by atoms with van der Waals surface area (Å²) in [4.78, 5) is 0.187. The zero-order valence-electron chi connectivity index (χ0n) is 10.7. The number of halogens is 1. The van der Waals surface area contributed by atoms with Crippen molar-refractivity contribution in [1.82, 2.24) is 9.62 Å². The van der Waals surface area contributed by atoms with Crippen molar-refractivity contribution in [3.05, 3.63) is 29.2 Å². The van der Waals surface area contributed by atoms with E-state index in [9.17, 15) is 8.42 Å². The molecule has 0 saturated heterocycles. The van der Waals surface area contributed by atoms with Crippen LogP contribution in [-0.4, -0.2) is 32.4 Å². The molecular formula is C12H17BrN2O3S. The van der Waals surface area contributed by atoms with Crippen LogP contribution in [-0.2, 0) is 16.6 Å². The summed E-state index contributed by atoms with van der Waals surface area (Å²) < 4.78 is 32.4. The van der Waals surface area contributed by atoms with Gasteiger partial charge in [0.25, 0.3) is 0 Å². The SMILES string of the molecule is C=CCN(C1CC1)S(=O)(=O)c1cc(CNC)oc1Br. The number of nitrogens with one attached hydrogen (secondary N) is 1. The highest BCUT2D eigenvalue weighted by Crippen LogP contribution is 2.35. The van der Waals surface area contributed by atoms with E-state index in [1.807, 2.05) is 0 Å². The van der Waals surface area contributed by atoms with Gasteiger partial charge in [-0.05, 0) is 35.8 Å². The van der Waals surface area contributed by atoms with Crippen LogP contribution in [0.1, 0.15) is 18.6 Å². The first-order valence-corrected chi connectivity index (χ1v) is 8.29. The largest absolute Gasteiger partial charge is 0.452 e. The van der Waals surface area contributed by atoms with Crippen molar-refractivity contribution in [3.8, 4) is 0 Å². The second-order valence-corrected chi connectivity index (χ2v) is 7.05. The zero-order valence-corrected chi connectivity index (χ0v) is 13.1. The van der Waals surface area contributed by atoms with Gasteiger partial charge in [0, 0.05) is 18.7 Å². The molecule has 1 aromatic heterocycles. The molecule has 0 unspecified atom stereocenters.